The van der Waals surface area contributed by atoms with Crippen molar-refractivity contribution in [2.75, 3.05) is 6.54 Å². The molecule has 106 valence electrons. The summed E-state index contributed by atoms with van der Waals surface area (Å²) >= 11 is 3.45. The fraction of sp³-hybridized carbons (Fsp3) is 0.562. The molecule has 1 aromatic carbocycles. The minimum absolute atomic E-state index is 0.0225. The van der Waals surface area contributed by atoms with E-state index >= 15 is 0 Å². The maximum atomic E-state index is 11.9. The molecule has 1 amide bonds. The van der Waals surface area contributed by atoms with Gasteiger partial charge in [-0.15, -0.1) is 0 Å². The average molecular weight is 326 g/mol. The topological polar surface area (TPSA) is 29.1 Å². The molecule has 0 aliphatic carbocycles. The van der Waals surface area contributed by atoms with E-state index in [1.165, 1.54) is 32.1 Å². The van der Waals surface area contributed by atoms with E-state index in [9.17, 15) is 4.79 Å². The Morgan fingerprint density at radius 3 is 2.53 bits per heavy atom. The van der Waals surface area contributed by atoms with Gasteiger partial charge >= 0.3 is 0 Å². The van der Waals surface area contributed by atoms with Gasteiger partial charge in [-0.1, -0.05) is 61.0 Å². The highest BCUT2D eigenvalue weighted by atomic mass is 79.9. The number of unbranched alkanes of at least 4 members (excludes halogenated alkanes) is 5. The molecule has 0 saturated heterocycles. The van der Waals surface area contributed by atoms with Gasteiger partial charge in [0, 0.05) is 16.6 Å². The maximum absolute atomic E-state index is 11.9. The molecule has 3 heteroatoms. The zero-order valence-corrected chi connectivity index (χ0v) is 13.6. The highest BCUT2D eigenvalue weighted by Gasteiger charge is 2.06. The molecule has 0 atom stereocenters. The van der Waals surface area contributed by atoms with Gasteiger partial charge in [0.2, 0.25) is 0 Å². The third kappa shape index (κ3) is 6.24. The van der Waals surface area contributed by atoms with E-state index in [4.69, 9.17) is 0 Å². The van der Waals surface area contributed by atoms with Crippen molar-refractivity contribution in [2.24, 2.45) is 0 Å². The van der Waals surface area contributed by atoms with Gasteiger partial charge in [-0.05, 0) is 31.0 Å². The number of rotatable bonds is 8. The minimum Gasteiger partial charge on any atom is -0.352 e. The Labute approximate surface area is 125 Å². The molecule has 0 bridgehead atoms. The highest BCUT2D eigenvalue weighted by Crippen LogP contribution is 2.17. The van der Waals surface area contributed by atoms with Crippen LogP contribution in [-0.2, 0) is 0 Å². The van der Waals surface area contributed by atoms with Crippen LogP contribution in [0.15, 0.2) is 22.7 Å². The van der Waals surface area contributed by atoms with Crippen LogP contribution in [0.2, 0.25) is 0 Å². The number of amides is 1. The largest absolute Gasteiger partial charge is 0.352 e. The lowest BCUT2D eigenvalue weighted by molar-refractivity contribution is 0.0953. The van der Waals surface area contributed by atoms with Crippen molar-refractivity contribution in [1.82, 2.24) is 5.32 Å². The summed E-state index contributed by atoms with van der Waals surface area (Å²) in [5.41, 5.74) is 1.87. The van der Waals surface area contributed by atoms with Gasteiger partial charge < -0.3 is 5.32 Å². The normalized spacial score (nSPS) is 10.5. The molecule has 19 heavy (non-hydrogen) atoms. The first-order valence-electron chi connectivity index (χ1n) is 7.19. The Hall–Kier alpha value is -0.830. The van der Waals surface area contributed by atoms with Crippen LogP contribution in [0.5, 0.6) is 0 Å². The molecule has 0 spiro atoms. The third-order valence-electron chi connectivity index (χ3n) is 3.25. The van der Waals surface area contributed by atoms with E-state index in [0.717, 1.165) is 28.6 Å². The second kappa shape index (κ2) is 9.13. The summed E-state index contributed by atoms with van der Waals surface area (Å²) in [6.07, 6.45) is 7.47. The molecule has 0 radical (unpaired) electrons. The molecule has 0 aliphatic heterocycles. The van der Waals surface area contributed by atoms with Gasteiger partial charge in [-0.25, -0.2) is 0 Å². The number of benzene rings is 1. The maximum Gasteiger partial charge on any atom is 0.251 e. The molecule has 0 unspecified atom stereocenters. The van der Waals surface area contributed by atoms with Crippen LogP contribution in [0.4, 0.5) is 0 Å². The smallest absolute Gasteiger partial charge is 0.251 e. The highest BCUT2D eigenvalue weighted by molar-refractivity contribution is 9.10. The lowest BCUT2D eigenvalue weighted by atomic mass is 10.1. The van der Waals surface area contributed by atoms with Gasteiger partial charge in [0.15, 0.2) is 0 Å². The first-order chi connectivity index (χ1) is 9.15. The summed E-state index contributed by atoms with van der Waals surface area (Å²) < 4.78 is 0.986. The zero-order chi connectivity index (χ0) is 14.1. The van der Waals surface area contributed by atoms with Gasteiger partial charge in [0.25, 0.3) is 5.91 Å². The minimum atomic E-state index is 0.0225. The first kappa shape index (κ1) is 16.2. The Morgan fingerprint density at radius 1 is 1.16 bits per heavy atom. The predicted octanol–water partition coefficient (Wildman–Crippen LogP) is 4.85. The van der Waals surface area contributed by atoms with Crippen molar-refractivity contribution < 1.29 is 4.79 Å². The van der Waals surface area contributed by atoms with Crippen LogP contribution in [-0.4, -0.2) is 12.5 Å². The molecule has 1 aromatic rings. The number of hydrogen-bond acceptors (Lipinski definition) is 1. The molecule has 0 aromatic heterocycles. The number of hydrogen-bond donors (Lipinski definition) is 1. The summed E-state index contributed by atoms with van der Waals surface area (Å²) in [5, 5.41) is 2.98. The molecular weight excluding hydrogens is 302 g/mol. The SMILES string of the molecule is CCCCCCCCNC(=O)c1ccc(C)c(Br)c1. The van der Waals surface area contributed by atoms with Crippen LogP contribution < -0.4 is 5.32 Å². The number of carbonyl (C=O) groups excluding carboxylic acids is 1. The number of carbonyl (C=O) groups is 1. The summed E-state index contributed by atoms with van der Waals surface area (Å²) in [4.78, 5) is 11.9. The van der Waals surface area contributed by atoms with Crippen molar-refractivity contribution in [3.63, 3.8) is 0 Å². The first-order valence-corrected chi connectivity index (χ1v) is 7.98. The lowest BCUT2D eigenvalue weighted by Gasteiger charge is -2.06. The quantitative estimate of drug-likeness (QED) is 0.680. The standard InChI is InChI=1S/C16H24BrNO/c1-3-4-5-6-7-8-11-18-16(19)14-10-9-13(2)15(17)12-14/h9-10,12H,3-8,11H2,1-2H3,(H,18,19). The van der Waals surface area contributed by atoms with Crippen molar-refractivity contribution >= 4 is 21.8 Å². The predicted molar refractivity (Wildman–Crippen MR) is 84.6 cm³/mol. The number of halogens is 1. The van der Waals surface area contributed by atoms with E-state index in [0.29, 0.717) is 0 Å². The molecule has 1 N–H and O–H groups in total. The second-order valence-electron chi connectivity index (χ2n) is 4.99. The van der Waals surface area contributed by atoms with E-state index in [1.54, 1.807) is 0 Å². The van der Waals surface area contributed by atoms with E-state index in [-0.39, 0.29) is 5.91 Å². The summed E-state index contributed by atoms with van der Waals surface area (Å²) in [7, 11) is 0. The van der Waals surface area contributed by atoms with Crippen molar-refractivity contribution in [3.8, 4) is 0 Å². The molecule has 0 fully saturated rings. The average Bonchev–Trinajstić information content (AvgIpc) is 2.40. The fourth-order valence-electron chi connectivity index (χ4n) is 1.94. The third-order valence-corrected chi connectivity index (χ3v) is 4.10. The van der Waals surface area contributed by atoms with Crippen molar-refractivity contribution in [2.45, 2.75) is 52.4 Å². The van der Waals surface area contributed by atoms with Crippen LogP contribution in [0.3, 0.4) is 0 Å². The van der Waals surface area contributed by atoms with E-state index < -0.39 is 0 Å². The Morgan fingerprint density at radius 2 is 1.84 bits per heavy atom. The summed E-state index contributed by atoms with van der Waals surface area (Å²) in [5.74, 6) is 0.0225. The number of aryl methyl sites for hydroxylation is 1. The Kier molecular flexibility index (Phi) is 7.80. The van der Waals surface area contributed by atoms with Gasteiger partial charge in [-0.3, -0.25) is 4.79 Å². The van der Waals surface area contributed by atoms with Crippen LogP contribution in [0, 0.1) is 6.92 Å². The molecule has 2 nitrogen and oxygen atoms in total. The van der Waals surface area contributed by atoms with Crippen molar-refractivity contribution in [3.05, 3.63) is 33.8 Å². The molecule has 0 aliphatic rings. The lowest BCUT2D eigenvalue weighted by Crippen LogP contribution is -2.24. The van der Waals surface area contributed by atoms with E-state index in [1.807, 2.05) is 25.1 Å². The van der Waals surface area contributed by atoms with Crippen LogP contribution >= 0.6 is 15.9 Å². The van der Waals surface area contributed by atoms with Gasteiger partial charge in [0.05, 0.1) is 0 Å². The van der Waals surface area contributed by atoms with Crippen LogP contribution in [0.1, 0.15) is 61.4 Å². The monoisotopic (exact) mass is 325 g/mol. The van der Waals surface area contributed by atoms with Crippen molar-refractivity contribution in [1.29, 1.82) is 0 Å². The molecular formula is C16H24BrNO. The molecule has 0 saturated carbocycles. The summed E-state index contributed by atoms with van der Waals surface area (Å²) in [6, 6.07) is 5.71. The van der Waals surface area contributed by atoms with E-state index in [2.05, 4.69) is 28.2 Å². The number of nitrogens with one attached hydrogen (secondary N) is 1. The zero-order valence-electron chi connectivity index (χ0n) is 12.0. The Balaban J connectivity index is 2.22. The fourth-order valence-corrected chi connectivity index (χ4v) is 2.32. The Bertz CT molecular complexity index is 404. The van der Waals surface area contributed by atoms with Crippen LogP contribution in [0.25, 0.3) is 0 Å². The molecule has 1 rings (SSSR count). The van der Waals surface area contributed by atoms with Gasteiger partial charge in [-0.2, -0.15) is 0 Å². The van der Waals surface area contributed by atoms with Gasteiger partial charge in [0.1, 0.15) is 0 Å². The molecule has 0 heterocycles. The second-order valence-corrected chi connectivity index (χ2v) is 5.84. The summed E-state index contributed by atoms with van der Waals surface area (Å²) in [6.45, 7) is 5.01.